The van der Waals surface area contributed by atoms with Gasteiger partial charge in [-0.1, -0.05) is 59.7 Å². The van der Waals surface area contributed by atoms with Gasteiger partial charge in [0.2, 0.25) is 5.78 Å². The van der Waals surface area contributed by atoms with Gasteiger partial charge in [0.05, 0.1) is 12.8 Å². The largest absolute Gasteiger partial charge is 0.497 e. The van der Waals surface area contributed by atoms with Gasteiger partial charge in [0.25, 0.3) is 0 Å². The number of methoxy groups -OCH3 is 1. The summed E-state index contributed by atoms with van der Waals surface area (Å²) in [5, 5.41) is 3.09. The van der Waals surface area contributed by atoms with Crippen molar-refractivity contribution in [3.63, 3.8) is 0 Å². The number of allylic oxidation sites excluding steroid dienone is 2. The summed E-state index contributed by atoms with van der Waals surface area (Å²) in [6.07, 6.45) is 1.36. The van der Waals surface area contributed by atoms with Crippen molar-refractivity contribution in [2.45, 2.75) is 13.8 Å². The number of ether oxygens (including phenoxy) is 1. The van der Waals surface area contributed by atoms with Crippen molar-refractivity contribution >= 4 is 17.3 Å². The summed E-state index contributed by atoms with van der Waals surface area (Å²) in [7, 11) is 1.59. The maximum absolute atomic E-state index is 13.1. The molecule has 0 atom stereocenters. The highest BCUT2D eigenvalue weighted by Gasteiger charge is 2.15. The van der Waals surface area contributed by atoms with E-state index in [2.05, 4.69) is 5.32 Å². The Kier molecular flexibility index (Phi) is 6.25. The number of benzene rings is 3. The highest BCUT2D eigenvalue weighted by atomic mass is 16.5. The van der Waals surface area contributed by atoms with Crippen LogP contribution in [0.15, 0.2) is 84.6 Å². The summed E-state index contributed by atoms with van der Waals surface area (Å²) in [5.74, 6) is 0.226. The second-order valence-electron chi connectivity index (χ2n) is 6.84. The maximum Gasteiger partial charge on any atom is 0.209 e. The zero-order valence-corrected chi connectivity index (χ0v) is 16.7. The molecule has 4 heteroatoms. The highest BCUT2D eigenvalue weighted by molar-refractivity contribution is 6.16. The van der Waals surface area contributed by atoms with Crippen LogP contribution < -0.4 is 10.1 Å². The van der Waals surface area contributed by atoms with E-state index in [1.165, 1.54) is 6.08 Å². The van der Waals surface area contributed by atoms with Crippen LogP contribution in [-0.2, 0) is 0 Å². The van der Waals surface area contributed by atoms with Gasteiger partial charge in [-0.15, -0.1) is 0 Å². The zero-order valence-electron chi connectivity index (χ0n) is 16.7. The van der Waals surface area contributed by atoms with Crippen LogP contribution in [-0.4, -0.2) is 18.7 Å². The van der Waals surface area contributed by atoms with Crippen molar-refractivity contribution in [3.05, 3.63) is 107 Å². The standard InChI is InChI=1S/C25H23NO3/c1-17-4-8-19(9-5-17)24(27)16-23(25(28)20-10-6-18(2)7-11-20)26-21-12-14-22(29-3)15-13-21/h4-16,26H,1-3H3/b23-16-. The van der Waals surface area contributed by atoms with Gasteiger partial charge in [-0.25, -0.2) is 0 Å². The topological polar surface area (TPSA) is 55.4 Å². The van der Waals surface area contributed by atoms with Crippen molar-refractivity contribution in [3.8, 4) is 5.75 Å². The van der Waals surface area contributed by atoms with Gasteiger partial charge in [0, 0.05) is 22.9 Å². The summed E-state index contributed by atoms with van der Waals surface area (Å²) in [5.41, 5.74) is 4.07. The Morgan fingerprint density at radius 3 is 1.79 bits per heavy atom. The lowest BCUT2D eigenvalue weighted by atomic mass is 10.0. The minimum atomic E-state index is -0.249. The molecule has 0 radical (unpaired) electrons. The summed E-state index contributed by atoms with van der Waals surface area (Å²) in [6.45, 7) is 3.92. The summed E-state index contributed by atoms with van der Waals surface area (Å²) in [6, 6.07) is 21.7. The Balaban J connectivity index is 1.94. The molecule has 0 aliphatic heterocycles. The normalized spacial score (nSPS) is 11.1. The van der Waals surface area contributed by atoms with Crippen LogP contribution in [0, 0.1) is 13.8 Å². The molecular weight excluding hydrogens is 362 g/mol. The van der Waals surface area contributed by atoms with E-state index in [0.29, 0.717) is 22.6 Å². The first-order chi connectivity index (χ1) is 14.0. The van der Waals surface area contributed by atoms with Gasteiger partial charge in [-0.3, -0.25) is 9.59 Å². The molecule has 1 N–H and O–H groups in total. The number of hydrogen-bond acceptors (Lipinski definition) is 4. The third-order valence-electron chi connectivity index (χ3n) is 4.54. The second kappa shape index (κ2) is 9.02. The van der Waals surface area contributed by atoms with Gasteiger partial charge < -0.3 is 10.1 Å². The van der Waals surface area contributed by atoms with Crippen molar-refractivity contribution in [2.75, 3.05) is 12.4 Å². The van der Waals surface area contributed by atoms with E-state index in [0.717, 1.165) is 11.1 Å². The van der Waals surface area contributed by atoms with E-state index in [1.54, 1.807) is 55.6 Å². The summed E-state index contributed by atoms with van der Waals surface area (Å²) < 4.78 is 5.17. The fourth-order valence-corrected chi connectivity index (χ4v) is 2.78. The van der Waals surface area contributed by atoms with E-state index >= 15 is 0 Å². The van der Waals surface area contributed by atoms with Crippen LogP contribution in [0.1, 0.15) is 31.8 Å². The van der Waals surface area contributed by atoms with Crippen LogP contribution in [0.4, 0.5) is 5.69 Å². The molecule has 3 rings (SSSR count). The predicted molar refractivity (Wildman–Crippen MR) is 116 cm³/mol. The first-order valence-corrected chi connectivity index (χ1v) is 9.31. The van der Waals surface area contributed by atoms with Crippen molar-refractivity contribution in [1.29, 1.82) is 0 Å². The molecule has 0 unspecified atom stereocenters. The molecule has 0 spiro atoms. The van der Waals surface area contributed by atoms with Crippen molar-refractivity contribution < 1.29 is 14.3 Å². The number of Topliss-reactive ketones (excluding diaryl/α,β-unsaturated/α-hetero) is 1. The van der Waals surface area contributed by atoms with E-state index in [9.17, 15) is 9.59 Å². The van der Waals surface area contributed by atoms with Crippen LogP contribution in [0.2, 0.25) is 0 Å². The Morgan fingerprint density at radius 2 is 1.28 bits per heavy atom. The van der Waals surface area contributed by atoms with Crippen LogP contribution in [0.25, 0.3) is 0 Å². The van der Waals surface area contributed by atoms with E-state index in [1.807, 2.05) is 38.1 Å². The van der Waals surface area contributed by atoms with Crippen LogP contribution in [0.3, 0.4) is 0 Å². The summed E-state index contributed by atoms with van der Waals surface area (Å²) >= 11 is 0. The monoisotopic (exact) mass is 385 g/mol. The third-order valence-corrected chi connectivity index (χ3v) is 4.54. The smallest absolute Gasteiger partial charge is 0.209 e. The van der Waals surface area contributed by atoms with Gasteiger partial charge in [-0.05, 0) is 38.1 Å². The van der Waals surface area contributed by atoms with Crippen molar-refractivity contribution in [1.82, 2.24) is 0 Å². The predicted octanol–water partition coefficient (Wildman–Crippen LogP) is 5.37. The van der Waals surface area contributed by atoms with Crippen LogP contribution in [0.5, 0.6) is 5.75 Å². The second-order valence-corrected chi connectivity index (χ2v) is 6.84. The minimum absolute atomic E-state index is 0.213. The average Bonchev–Trinajstić information content (AvgIpc) is 2.74. The Bertz CT molecular complexity index is 1030. The molecule has 3 aromatic carbocycles. The van der Waals surface area contributed by atoms with Crippen molar-refractivity contribution in [2.24, 2.45) is 0 Å². The molecule has 0 heterocycles. The molecule has 0 fully saturated rings. The molecule has 29 heavy (non-hydrogen) atoms. The average molecular weight is 385 g/mol. The third kappa shape index (κ3) is 5.20. The lowest BCUT2D eigenvalue weighted by Crippen LogP contribution is -2.14. The number of carbonyl (C=O) groups is 2. The molecular formula is C25H23NO3. The molecule has 0 saturated carbocycles. The van der Waals surface area contributed by atoms with Gasteiger partial charge in [0.15, 0.2) is 5.78 Å². The van der Waals surface area contributed by atoms with Crippen LogP contribution >= 0.6 is 0 Å². The fraction of sp³-hybridized carbons (Fsp3) is 0.120. The molecule has 3 aromatic rings. The number of anilines is 1. The lowest BCUT2D eigenvalue weighted by Gasteiger charge is -2.11. The molecule has 0 bridgehead atoms. The number of aryl methyl sites for hydroxylation is 2. The molecule has 0 saturated heterocycles. The van der Waals surface area contributed by atoms with E-state index in [4.69, 9.17) is 4.74 Å². The lowest BCUT2D eigenvalue weighted by molar-refractivity contribution is 0.101. The molecule has 146 valence electrons. The first kappa shape index (κ1) is 20.1. The fourth-order valence-electron chi connectivity index (χ4n) is 2.78. The molecule has 0 aromatic heterocycles. The quantitative estimate of drug-likeness (QED) is 0.439. The zero-order chi connectivity index (χ0) is 20.8. The maximum atomic E-state index is 13.1. The Hall–Kier alpha value is -3.66. The SMILES string of the molecule is COc1ccc(N/C(=C\C(=O)c2ccc(C)cc2)C(=O)c2ccc(C)cc2)cc1. The number of nitrogens with one attached hydrogen (secondary N) is 1. The molecule has 0 amide bonds. The Morgan fingerprint density at radius 1 is 0.759 bits per heavy atom. The molecule has 0 aliphatic rings. The molecule has 4 nitrogen and oxygen atoms in total. The number of ketones is 2. The number of hydrogen-bond donors (Lipinski definition) is 1. The first-order valence-electron chi connectivity index (χ1n) is 9.31. The molecule has 0 aliphatic carbocycles. The van der Waals surface area contributed by atoms with Gasteiger partial charge in [-0.2, -0.15) is 0 Å². The van der Waals surface area contributed by atoms with E-state index < -0.39 is 0 Å². The minimum Gasteiger partial charge on any atom is -0.497 e. The highest BCUT2D eigenvalue weighted by Crippen LogP contribution is 2.19. The van der Waals surface area contributed by atoms with Gasteiger partial charge >= 0.3 is 0 Å². The number of carbonyl (C=O) groups excluding carboxylic acids is 2. The summed E-state index contributed by atoms with van der Waals surface area (Å²) in [4.78, 5) is 25.9. The Labute approximate surface area is 170 Å². The van der Waals surface area contributed by atoms with Gasteiger partial charge in [0.1, 0.15) is 5.75 Å². The van der Waals surface area contributed by atoms with E-state index in [-0.39, 0.29) is 17.3 Å². The number of rotatable bonds is 7.